The molecule has 0 unspecified atom stereocenters. The molecular weight excluding hydrogens is 310 g/mol. The Morgan fingerprint density at radius 2 is 2.00 bits per heavy atom. The van der Waals surface area contributed by atoms with E-state index in [4.69, 9.17) is 5.73 Å². The topological polar surface area (TPSA) is 106 Å². The molecule has 1 fully saturated rings. The second-order valence-electron chi connectivity index (χ2n) is 6.30. The highest BCUT2D eigenvalue weighted by Gasteiger charge is 2.27. The fraction of sp³-hybridized carbons (Fsp3) is 0.500. The van der Waals surface area contributed by atoms with Crippen molar-refractivity contribution in [1.29, 1.82) is 0 Å². The number of hydrogen-bond donors (Lipinski definition) is 1. The molecule has 0 bridgehead atoms. The SMILES string of the molecule is CN(Cc1ccc2nonc2c1)C(=O)C1CCN(CC(N)=O)CC1. The predicted molar refractivity (Wildman–Crippen MR) is 86.6 cm³/mol. The number of likely N-dealkylation sites (tertiary alicyclic amines) is 1. The Hall–Kier alpha value is -2.48. The van der Waals surface area contributed by atoms with E-state index in [2.05, 4.69) is 14.9 Å². The summed E-state index contributed by atoms with van der Waals surface area (Å²) < 4.78 is 4.69. The summed E-state index contributed by atoms with van der Waals surface area (Å²) in [5.74, 6) is -0.196. The van der Waals surface area contributed by atoms with E-state index >= 15 is 0 Å². The summed E-state index contributed by atoms with van der Waals surface area (Å²) in [5.41, 5.74) is 7.59. The highest BCUT2D eigenvalue weighted by atomic mass is 16.6. The summed E-state index contributed by atoms with van der Waals surface area (Å²) in [4.78, 5) is 27.3. The lowest BCUT2D eigenvalue weighted by Gasteiger charge is -2.32. The molecule has 2 N–H and O–H groups in total. The van der Waals surface area contributed by atoms with E-state index in [1.807, 2.05) is 30.1 Å². The molecule has 1 saturated heterocycles. The van der Waals surface area contributed by atoms with E-state index in [1.165, 1.54) is 0 Å². The van der Waals surface area contributed by atoms with Crippen LogP contribution in [0.4, 0.5) is 0 Å². The second-order valence-corrected chi connectivity index (χ2v) is 6.30. The van der Waals surface area contributed by atoms with Gasteiger partial charge in [-0.2, -0.15) is 0 Å². The van der Waals surface area contributed by atoms with Gasteiger partial charge in [0.05, 0.1) is 6.54 Å². The first-order valence-corrected chi connectivity index (χ1v) is 8.00. The molecule has 1 aromatic carbocycles. The van der Waals surface area contributed by atoms with Gasteiger partial charge in [0.25, 0.3) is 0 Å². The van der Waals surface area contributed by atoms with Crippen molar-refractivity contribution in [3.05, 3.63) is 23.8 Å². The first kappa shape index (κ1) is 16.4. The fourth-order valence-corrected chi connectivity index (χ4v) is 3.15. The Bertz CT molecular complexity index is 736. The molecule has 1 aromatic heterocycles. The van der Waals surface area contributed by atoms with Gasteiger partial charge < -0.3 is 10.6 Å². The van der Waals surface area contributed by atoms with E-state index in [0.29, 0.717) is 17.6 Å². The molecule has 8 nitrogen and oxygen atoms in total. The molecule has 2 aromatic rings. The lowest BCUT2D eigenvalue weighted by molar-refractivity contribution is -0.136. The van der Waals surface area contributed by atoms with Crippen molar-refractivity contribution in [2.24, 2.45) is 11.7 Å². The second kappa shape index (κ2) is 6.96. The molecule has 0 aliphatic carbocycles. The van der Waals surface area contributed by atoms with E-state index in [9.17, 15) is 9.59 Å². The number of rotatable bonds is 5. The first-order chi connectivity index (χ1) is 11.5. The number of nitrogens with zero attached hydrogens (tertiary/aromatic N) is 4. The monoisotopic (exact) mass is 331 g/mol. The van der Waals surface area contributed by atoms with Crippen molar-refractivity contribution in [1.82, 2.24) is 20.1 Å². The average Bonchev–Trinajstić information content (AvgIpc) is 3.02. The van der Waals surface area contributed by atoms with Gasteiger partial charge in [-0.15, -0.1) is 0 Å². The molecule has 0 atom stereocenters. The van der Waals surface area contributed by atoms with Gasteiger partial charge in [-0.05, 0) is 53.9 Å². The molecular formula is C16H21N5O3. The maximum absolute atomic E-state index is 12.6. The van der Waals surface area contributed by atoms with Crippen LogP contribution in [0, 0.1) is 5.92 Å². The summed E-state index contributed by atoms with van der Waals surface area (Å²) >= 11 is 0. The lowest BCUT2D eigenvalue weighted by Crippen LogP contribution is -2.43. The first-order valence-electron chi connectivity index (χ1n) is 8.00. The number of fused-ring (bicyclic) bond motifs is 1. The third-order valence-corrected chi connectivity index (χ3v) is 4.43. The number of piperidine rings is 1. The number of carbonyl (C=O) groups is 2. The highest BCUT2D eigenvalue weighted by Crippen LogP contribution is 2.20. The van der Waals surface area contributed by atoms with E-state index in [-0.39, 0.29) is 24.3 Å². The Labute approximate surface area is 139 Å². The molecule has 0 saturated carbocycles. The normalized spacial score (nSPS) is 16.4. The molecule has 128 valence electrons. The van der Waals surface area contributed by atoms with Gasteiger partial charge in [0.15, 0.2) is 0 Å². The zero-order valence-corrected chi connectivity index (χ0v) is 13.6. The van der Waals surface area contributed by atoms with E-state index in [1.54, 1.807) is 4.90 Å². The van der Waals surface area contributed by atoms with Gasteiger partial charge in [0, 0.05) is 19.5 Å². The van der Waals surface area contributed by atoms with Gasteiger partial charge in [-0.25, -0.2) is 4.63 Å². The molecule has 0 spiro atoms. The van der Waals surface area contributed by atoms with Crippen LogP contribution in [-0.2, 0) is 16.1 Å². The number of nitrogens with two attached hydrogens (primary N) is 1. The molecule has 1 aliphatic heterocycles. The van der Waals surface area contributed by atoms with E-state index in [0.717, 1.165) is 31.5 Å². The minimum atomic E-state index is -0.324. The highest BCUT2D eigenvalue weighted by molar-refractivity contribution is 5.79. The molecule has 2 heterocycles. The van der Waals surface area contributed by atoms with Gasteiger partial charge in [0.2, 0.25) is 11.8 Å². The molecule has 2 amide bonds. The van der Waals surface area contributed by atoms with Crippen LogP contribution in [0.15, 0.2) is 22.8 Å². The standard InChI is InChI=1S/C16H21N5O3/c1-20(9-11-2-3-13-14(8-11)19-24-18-13)16(23)12-4-6-21(7-5-12)10-15(17)22/h2-3,8,12H,4-7,9-10H2,1H3,(H2,17,22). The van der Waals surface area contributed by atoms with Gasteiger partial charge in [0.1, 0.15) is 11.0 Å². The summed E-state index contributed by atoms with van der Waals surface area (Å²) in [6, 6.07) is 5.64. The summed E-state index contributed by atoms with van der Waals surface area (Å²) in [6.07, 6.45) is 1.51. The largest absolute Gasteiger partial charge is 0.369 e. The van der Waals surface area contributed by atoms with Crippen LogP contribution < -0.4 is 5.73 Å². The van der Waals surface area contributed by atoms with Crippen molar-refractivity contribution < 1.29 is 14.2 Å². The third-order valence-electron chi connectivity index (χ3n) is 4.43. The summed E-state index contributed by atoms with van der Waals surface area (Å²) in [7, 11) is 1.81. The van der Waals surface area contributed by atoms with Crippen LogP contribution in [0.25, 0.3) is 11.0 Å². The molecule has 8 heteroatoms. The molecule has 0 radical (unpaired) electrons. The third kappa shape index (κ3) is 3.70. The maximum atomic E-state index is 12.6. The van der Waals surface area contributed by atoms with Crippen molar-refractivity contribution in [3.63, 3.8) is 0 Å². The quantitative estimate of drug-likeness (QED) is 0.849. The number of aromatic nitrogens is 2. The number of carbonyl (C=O) groups excluding carboxylic acids is 2. The van der Waals surface area contributed by atoms with Crippen LogP contribution in [0.3, 0.4) is 0 Å². The number of primary amides is 1. The van der Waals surface area contributed by atoms with Crippen molar-refractivity contribution in [2.75, 3.05) is 26.7 Å². The minimum Gasteiger partial charge on any atom is -0.369 e. The average molecular weight is 331 g/mol. The van der Waals surface area contributed by atoms with Crippen LogP contribution in [0.2, 0.25) is 0 Å². The Morgan fingerprint density at radius 1 is 1.29 bits per heavy atom. The van der Waals surface area contributed by atoms with Gasteiger partial charge in [-0.1, -0.05) is 6.07 Å². The smallest absolute Gasteiger partial charge is 0.231 e. The van der Waals surface area contributed by atoms with Gasteiger partial charge >= 0.3 is 0 Å². The lowest BCUT2D eigenvalue weighted by atomic mass is 9.95. The Balaban J connectivity index is 1.56. The zero-order chi connectivity index (χ0) is 17.1. The molecule has 1 aliphatic rings. The van der Waals surface area contributed by atoms with E-state index < -0.39 is 0 Å². The number of amides is 2. The van der Waals surface area contributed by atoms with Crippen molar-refractivity contribution >= 4 is 22.8 Å². The molecule has 24 heavy (non-hydrogen) atoms. The van der Waals surface area contributed by atoms with Crippen LogP contribution >= 0.6 is 0 Å². The maximum Gasteiger partial charge on any atom is 0.231 e. The van der Waals surface area contributed by atoms with Crippen LogP contribution in [0.5, 0.6) is 0 Å². The number of hydrogen-bond acceptors (Lipinski definition) is 6. The summed E-state index contributed by atoms with van der Waals surface area (Å²) in [6.45, 7) is 2.24. The number of benzene rings is 1. The van der Waals surface area contributed by atoms with Crippen molar-refractivity contribution in [2.45, 2.75) is 19.4 Å². The van der Waals surface area contributed by atoms with Gasteiger partial charge in [-0.3, -0.25) is 14.5 Å². The zero-order valence-electron chi connectivity index (χ0n) is 13.6. The fourth-order valence-electron chi connectivity index (χ4n) is 3.15. The predicted octanol–water partition coefficient (Wildman–Crippen LogP) is 0.378. The van der Waals surface area contributed by atoms with Crippen LogP contribution in [0.1, 0.15) is 18.4 Å². The minimum absolute atomic E-state index is 0.00317. The Morgan fingerprint density at radius 3 is 2.71 bits per heavy atom. The summed E-state index contributed by atoms with van der Waals surface area (Å²) in [5, 5.41) is 7.59. The van der Waals surface area contributed by atoms with Crippen LogP contribution in [-0.4, -0.2) is 58.6 Å². The Kier molecular flexibility index (Phi) is 4.75. The molecule has 3 rings (SSSR count). The van der Waals surface area contributed by atoms with Crippen molar-refractivity contribution in [3.8, 4) is 0 Å².